The predicted octanol–water partition coefficient (Wildman–Crippen LogP) is 2.99. The van der Waals surface area contributed by atoms with Gasteiger partial charge in [0, 0.05) is 18.0 Å². The lowest BCUT2D eigenvalue weighted by Gasteiger charge is -2.09. The first-order valence-electron chi connectivity index (χ1n) is 5.86. The molecule has 94 valence electrons. The SMILES string of the molecule is CCCc1nc(-c2ccncc2C)nc(N)c1I. The van der Waals surface area contributed by atoms with Crippen molar-refractivity contribution in [2.24, 2.45) is 0 Å². The maximum absolute atomic E-state index is 5.96. The standard InChI is InChI=1S/C13H15IN4/c1-3-4-10-11(14)12(15)18-13(17-10)9-5-6-16-7-8(9)2/h5-7H,3-4H2,1-2H3,(H2,15,17,18). The summed E-state index contributed by atoms with van der Waals surface area (Å²) in [4.78, 5) is 13.1. The van der Waals surface area contributed by atoms with E-state index in [1.165, 1.54) is 0 Å². The molecule has 2 aromatic heterocycles. The van der Waals surface area contributed by atoms with Gasteiger partial charge in [0.2, 0.25) is 0 Å². The zero-order chi connectivity index (χ0) is 13.1. The maximum Gasteiger partial charge on any atom is 0.162 e. The van der Waals surface area contributed by atoms with Gasteiger partial charge in [-0.2, -0.15) is 0 Å². The lowest BCUT2D eigenvalue weighted by atomic mass is 10.1. The molecule has 0 fully saturated rings. The highest BCUT2D eigenvalue weighted by molar-refractivity contribution is 14.1. The molecule has 0 aliphatic carbocycles. The minimum atomic E-state index is 0.556. The molecule has 5 heteroatoms. The van der Waals surface area contributed by atoms with Gasteiger partial charge >= 0.3 is 0 Å². The minimum Gasteiger partial charge on any atom is -0.383 e. The summed E-state index contributed by atoms with van der Waals surface area (Å²) in [6.45, 7) is 4.13. The van der Waals surface area contributed by atoms with Crippen LogP contribution in [0.4, 0.5) is 5.82 Å². The van der Waals surface area contributed by atoms with E-state index in [0.29, 0.717) is 11.6 Å². The van der Waals surface area contributed by atoms with Crippen LogP contribution < -0.4 is 5.73 Å². The van der Waals surface area contributed by atoms with Gasteiger partial charge in [-0.15, -0.1) is 0 Å². The lowest BCUT2D eigenvalue weighted by molar-refractivity contribution is 0.869. The summed E-state index contributed by atoms with van der Waals surface area (Å²) in [5, 5.41) is 0. The van der Waals surface area contributed by atoms with Crippen molar-refractivity contribution in [3.8, 4) is 11.4 Å². The average molecular weight is 354 g/mol. The average Bonchev–Trinajstić information content (AvgIpc) is 2.35. The molecule has 4 nitrogen and oxygen atoms in total. The van der Waals surface area contributed by atoms with Crippen molar-refractivity contribution in [3.63, 3.8) is 0 Å². The molecule has 0 bridgehead atoms. The van der Waals surface area contributed by atoms with E-state index in [0.717, 1.165) is 33.2 Å². The Bertz CT molecular complexity index is 569. The van der Waals surface area contributed by atoms with Crippen molar-refractivity contribution in [2.75, 3.05) is 5.73 Å². The maximum atomic E-state index is 5.96. The van der Waals surface area contributed by atoms with E-state index in [1.54, 1.807) is 6.20 Å². The van der Waals surface area contributed by atoms with Gasteiger partial charge in [-0.3, -0.25) is 4.98 Å². The second-order valence-corrected chi connectivity index (χ2v) is 5.21. The molecular weight excluding hydrogens is 339 g/mol. The molecule has 2 heterocycles. The minimum absolute atomic E-state index is 0.556. The number of aryl methyl sites for hydroxylation is 2. The van der Waals surface area contributed by atoms with Gasteiger partial charge in [0.1, 0.15) is 5.82 Å². The number of aromatic nitrogens is 3. The summed E-state index contributed by atoms with van der Waals surface area (Å²) in [6.07, 6.45) is 5.52. The summed E-state index contributed by atoms with van der Waals surface area (Å²) in [5.74, 6) is 1.25. The van der Waals surface area contributed by atoms with E-state index in [1.807, 2.05) is 19.2 Å². The van der Waals surface area contributed by atoms with Crippen LogP contribution in [0.1, 0.15) is 24.6 Å². The van der Waals surface area contributed by atoms with Crippen LogP contribution in [0.3, 0.4) is 0 Å². The molecule has 0 spiro atoms. The van der Waals surface area contributed by atoms with Crippen LogP contribution in [0, 0.1) is 10.5 Å². The highest BCUT2D eigenvalue weighted by atomic mass is 127. The van der Waals surface area contributed by atoms with Crippen LogP contribution in [0.5, 0.6) is 0 Å². The molecule has 0 aromatic carbocycles. The van der Waals surface area contributed by atoms with E-state index < -0.39 is 0 Å². The van der Waals surface area contributed by atoms with Gasteiger partial charge < -0.3 is 5.73 Å². The molecule has 0 radical (unpaired) electrons. The Morgan fingerprint density at radius 1 is 1.33 bits per heavy atom. The van der Waals surface area contributed by atoms with Gasteiger partial charge in [0.05, 0.1) is 9.26 Å². The highest BCUT2D eigenvalue weighted by Gasteiger charge is 2.12. The zero-order valence-corrected chi connectivity index (χ0v) is 12.6. The number of halogens is 1. The third kappa shape index (κ3) is 2.60. The van der Waals surface area contributed by atoms with Gasteiger partial charge in [-0.25, -0.2) is 9.97 Å². The van der Waals surface area contributed by atoms with Crippen molar-refractivity contribution < 1.29 is 0 Å². The van der Waals surface area contributed by atoms with Crippen LogP contribution in [-0.2, 0) is 6.42 Å². The number of pyridine rings is 1. The Hall–Kier alpha value is -1.24. The Morgan fingerprint density at radius 3 is 2.78 bits per heavy atom. The molecule has 0 saturated heterocycles. The number of hydrogen-bond donors (Lipinski definition) is 1. The van der Waals surface area contributed by atoms with E-state index in [-0.39, 0.29) is 0 Å². The first-order valence-corrected chi connectivity index (χ1v) is 6.94. The molecule has 18 heavy (non-hydrogen) atoms. The Labute approximate surface area is 120 Å². The largest absolute Gasteiger partial charge is 0.383 e. The molecular formula is C13H15IN4. The van der Waals surface area contributed by atoms with E-state index in [9.17, 15) is 0 Å². The molecule has 0 amide bonds. The second-order valence-electron chi connectivity index (χ2n) is 4.13. The van der Waals surface area contributed by atoms with Crippen molar-refractivity contribution in [3.05, 3.63) is 33.3 Å². The summed E-state index contributed by atoms with van der Waals surface area (Å²) in [7, 11) is 0. The molecule has 0 aliphatic rings. The monoisotopic (exact) mass is 354 g/mol. The summed E-state index contributed by atoms with van der Waals surface area (Å²) in [5.41, 5.74) is 9.04. The van der Waals surface area contributed by atoms with Crippen molar-refractivity contribution in [2.45, 2.75) is 26.7 Å². The zero-order valence-electron chi connectivity index (χ0n) is 10.4. The van der Waals surface area contributed by atoms with Crippen LogP contribution in [0.2, 0.25) is 0 Å². The number of nitrogen functional groups attached to an aromatic ring is 1. The molecule has 2 aromatic rings. The summed E-state index contributed by atoms with van der Waals surface area (Å²) in [6, 6.07) is 1.92. The smallest absolute Gasteiger partial charge is 0.162 e. The number of nitrogens with zero attached hydrogens (tertiary/aromatic N) is 3. The topological polar surface area (TPSA) is 64.7 Å². The van der Waals surface area contributed by atoms with Gasteiger partial charge in [0.25, 0.3) is 0 Å². The number of nitrogens with two attached hydrogens (primary N) is 1. The molecule has 2 rings (SSSR count). The fraction of sp³-hybridized carbons (Fsp3) is 0.308. The van der Waals surface area contributed by atoms with Crippen LogP contribution in [0.25, 0.3) is 11.4 Å². The fourth-order valence-electron chi connectivity index (χ4n) is 1.76. The van der Waals surface area contributed by atoms with Gasteiger partial charge in [0.15, 0.2) is 5.82 Å². The van der Waals surface area contributed by atoms with E-state index >= 15 is 0 Å². The summed E-state index contributed by atoms with van der Waals surface area (Å²) < 4.78 is 0.963. The Kier molecular flexibility index (Phi) is 4.11. The van der Waals surface area contributed by atoms with Crippen LogP contribution in [-0.4, -0.2) is 15.0 Å². The summed E-state index contributed by atoms with van der Waals surface area (Å²) >= 11 is 2.21. The molecule has 2 N–H and O–H groups in total. The molecule has 0 atom stereocenters. The molecule has 0 saturated carbocycles. The van der Waals surface area contributed by atoms with Crippen molar-refractivity contribution in [1.82, 2.24) is 15.0 Å². The van der Waals surface area contributed by atoms with Crippen molar-refractivity contribution >= 4 is 28.4 Å². The first-order chi connectivity index (χ1) is 8.63. The Balaban J connectivity index is 2.56. The molecule has 0 unspecified atom stereocenters. The number of rotatable bonds is 3. The quantitative estimate of drug-likeness (QED) is 0.861. The van der Waals surface area contributed by atoms with Gasteiger partial charge in [-0.1, -0.05) is 13.3 Å². The van der Waals surface area contributed by atoms with Gasteiger partial charge in [-0.05, 0) is 47.6 Å². The molecule has 0 aliphatic heterocycles. The Morgan fingerprint density at radius 2 is 2.11 bits per heavy atom. The number of anilines is 1. The van der Waals surface area contributed by atoms with Crippen molar-refractivity contribution in [1.29, 1.82) is 0 Å². The second kappa shape index (κ2) is 5.60. The highest BCUT2D eigenvalue weighted by Crippen LogP contribution is 2.24. The third-order valence-corrected chi connectivity index (χ3v) is 3.87. The third-order valence-electron chi connectivity index (χ3n) is 2.69. The van der Waals surface area contributed by atoms with E-state index in [2.05, 4.69) is 44.5 Å². The fourth-order valence-corrected chi connectivity index (χ4v) is 2.27. The van der Waals surface area contributed by atoms with E-state index in [4.69, 9.17) is 5.73 Å². The van der Waals surface area contributed by atoms with Crippen LogP contribution >= 0.6 is 22.6 Å². The normalized spacial score (nSPS) is 10.6. The lowest BCUT2D eigenvalue weighted by Crippen LogP contribution is -2.05. The first kappa shape index (κ1) is 13.2. The predicted molar refractivity (Wildman–Crippen MR) is 81.1 cm³/mol. The van der Waals surface area contributed by atoms with Crippen LogP contribution in [0.15, 0.2) is 18.5 Å². The number of hydrogen-bond acceptors (Lipinski definition) is 4.